The SMILES string of the molecule is CCCOc1cc(C(=O)N(C)[C@@H](C)c2cccc3c2CN=C3)ccc1-c1ccccc1. The van der Waals surface area contributed by atoms with E-state index in [1.807, 2.05) is 55.7 Å². The zero-order valence-corrected chi connectivity index (χ0v) is 18.3. The Morgan fingerprint density at radius 1 is 1.10 bits per heavy atom. The number of hydrogen-bond donors (Lipinski definition) is 0. The smallest absolute Gasteiger partial charge is 0.254 e. The van der Waals surface area contributed by atoms with Crippen molar-refractivity contribution in [1.82, 2.24) is 4.90 Å². The van der Waals surface area contributed by atoms with Gasteiger partial charge in [0.15, 0.2) is 0 Å². The quantitative estimate of drug-likeness (QED) is 0.484. The number of nitrogens with zero attached hydrogens (tertiary/aromatic N) is 2. The van der Waals surface area contributed by atoms with E-state index in [4.69, 9.17) is 4.74 Å². The van der Waals surface area contributed by atoms with E-state index < -0.39 is 0 Å². The summed E-state index contributed by atoms with van der Waals surface area (Å²) < 4.78 is 6.03. The van der Waals surface area contributed by atoms with Gasteiger partial charge in [-0.25, -0.2) is 0 Å². The molecule has 31 heavy (non-hydrogen) atoms. The van der Waals surface area contributed by atoms with E-state index in [2.05, 4.69) is 43.1 Å². The van der Waals surface area contributed by atoms with E-state index in [1.165, 1.54) is 5.56 Å². The lowest BCUT2D eigenvalue weighted by atomic mass is 9.96. The fourth-order valence-electron chi connectivity index (χ4n) is 3.98. The number of carbonyl (C=O) groups excluding carboxylic acids is 1. The van der Waals surface area contributed by atoms with Crippen LogP contribution in [0, 0.1) is 0 Å². The summed E-state index contributed by atoms with van der Waals surface area (Å²) in [5, 5.41) is 0. The average Bonchev–Trinajstić information content (AvgIpc) is 3.31. The van der Waals surface area contributed by atoms with Gasteiger partial charge in [-0.3, -0.25) is 9.79 Å². The van der Waals surface area contributed by atoms with Gasteiger partial charge in [0.05, 0.1) is 19.2 Å². The maximum Gasteiger partial charge on any atom is 0.254 e. The first-order valence-corrected chi connectivity index (χ1v) is 10.8. The van der Waals surface area contributed by atoms with Gasteiger partial charge < -0.3 is 9.64 Å². The Bertz CT molecular complexity index is 1110. The van der Waals surface area contributed by atoms with Crippen LogP contribution in [0.3, 0.4) is 0 Å². The molecule has 158 valence electrons. The molecule has 1 amide bonds. The molecule has 0 saturated heterocycles. The van der Waals surface area contributed by atoms with Crippen LogP contribution in [-0.2, 0) is 6.54 Å². The van der Waals surface area contributed by atoms with Gasteiger partial charge in [0.1, 0.15) is 5.75 Å². The summed E-state index contributed by atoms with van der Waals surface area (Å²) in [7, 11) is 1.86. The van der Waals surface area contributed by atoms with Crippen LogP contribution in [-0.4, -0.2) is 30.7 Å². The number of hydrogen-bond acceptors (Lipinski definition) is 3. The zero-order valence-electron chi connectivity index (χ0n) is 18.3. The summed E-state index contributed by atoms with van der Waals surface area (Å²) in [5.74, 6) is 0.721. The molecule has 0 spiro atoms. The average molecular weight is 413 g/mol. The lowest BCUT2D eigenvalue weighted by Crippen LogP contribution is -2.30. The van der Waals surface area contributed by atoms with Crippen molar-refractivity contribution in [2.24, 2.45) is 4.99 Å². The van der Waals surface area contributed by atoms with Crippen LogP contribution < -0.4 is 4.74 Å². The van der Waals surface area contributed by atoms with Crippen LogP contribution in [0.1, 0.15) is 53.4 Å². The highest BCUT2D eigenvalue weighted by atomic mass is 16.5. The first-order chi connectivity index (χ1) is 15.1. The second-order valence-corrected chi connectivity index (χ2v) is 7.90. The van der Waals surface area contributed by atoms with Crippen LogP contribution in [0.4, 0.5) is 0 Å². The van der Waals surface area contributed by atoms with Crippen molar-refractivity contribution in [3.8, 4) is 16.9 Å². The normalized spacial score (nSPS) is 13.0. The van der Waals surface area contributed by atoms with Crippen molar-refractivity contribution in [2.45, 2.75) is 32.9 Å². The van der Waals surface area contributed by atoms with Gasteiger partial charge in [-0.05, 0) is 53.8 Å². The number of aliphatic imine (C=N–C) groups is 1. The largest absolute Gasteiger partial charge is 0.493 e. The molecule has 3 aromatic carbocycles. The summed E-state index contributed by atoms with van der Waals surface area (Å²) in [5.41, 5.74) is 6.21. The second-order valence-electron chi connectivity index (χ2n) is 7.90. The lowest BCUT2D eigenvalue weighted by molar-refractivity contribution is 0.0741. The third-order valence-electron chi connectivity index (χ3n) is 5.85. The van der Waals surface area contributed by atoms with Crippen molar-refractivity contribution < 1.29 is 9.53 Å². The van der Waals surface area contributed by atoms with Gasteiger partial charge in [-0.2, -0.15) is 0 Å². The topological polar surface area (TPSA) is 41.9 Å². The summed E-state index contributed by atoms with van der Waals surface area (Å²) in [6.45, 7) is 5.44. The molecule has 0 saturated carbocycles. The van der Waals surface area contributed by atoms with E-state index >= 15 is 0 Å². The number of carbonyl (C=O) groups is 1. The predicted molar refractivity (Wildman–Crippen MR) is 126 cm³/mol. The highest BCUT2D eigenvalue weighted by Crippen LogP contribution is 2.33. The van der Waals surface area contributed by atoms with E-state index in [1.54, 1.807) is 4.90 Å². The van der Waals surface area contributed by atoms with Gasteiger partial charge in [0.25, 0.3) is 5.91 Å². The molecular formula is C27H28N2O2. The Kier molecular flexibility index (Phi) is 6.17. The molecule has 4 rings (SSSR count). The molecule has 0 radical (unpaired) electrons. The fraction of sp³-hybridized carbons (Fsp3) is 0.259. The molecule has 0 fully saturated rings. The van der Waals surface area contributed by atoms with Gasteiger partial charge in [0, 0.05) is 24.4 Å². The Morgan fingerprint density at radius 2 is 1.90 bits per heavy atom. The highest BCUT2D eigenvalue weighted by molar-refractivity contribution is 5.96. The van der Waals surface area contributed by atoms with Crippen LogP contribution in [0.2, 0.25) is 0 Å². The molecule has 1 heterocycles. The van der Waals surface area contributed by atoms with E-state index in [9.17, 15) is 4.79 Å². The summed E-state index contributed by atoms with van der Waals surface area (Å²) in [6.07, 6.45) is 2.82. The maximum atomic E-state index is 13.4. The van der Waals surface area contributed by atoms with Gasteiger partial charge in [0.2, 0.25) is 0 Å². The number of amides is 1. The van der Waals surface area contributed by atoms with Gasteiger partial charge in [-0.1, -0.05) is 55.5 Å². The molecule has 3 aromatic rings. The summed E-state index contributed by atoms with van der Waals surface area (Å²) >= 11 is 0. The zero-order chi connectivity index (χ0) is 21.8. The van der Waals surface area contributed by atoms with Crippen LogP contribution in [0.25, 0.3) is 11.1 Å². The minimum Gasteiger partial charge on any atom is -0.493 e. The maximum absolute atomic E-state index is 13.4. The first-order valence-electron chi connectivity index (χ1n) is 10.8. The summed E-state index contributed by atoms with van der Waals surface area (Å²) in [6, 6.07) is 22.0. The number of benzene rings is 3. The first kappa shape index (κ1) is 20.9. The molecule has 1 aliphatic rings. The highest BCUT2D eigenvalue weighted by Gasteiger charge is 2.24. The molecule has 0 unspecified atom stereocenters. The number of ether oxygens (including phenoxy) is 1. The molecule has 0 N–H and O–H groups in total. The van der Waals surface area contributed by atoms with Crippen molar-refractivity contribution in [2.75, 3.05) is 13.7 Å². The van der Waals surface area contributed by atoms with Crippen LogP contribution in [0.15, 0.2) is 71.7 Å². The molecule has 1 aliphatic heterocycles. The molecule has 0 bridgehead atoms. The second kappa shape index (κ2) is 9.17. The molecular weight excluding hydrogens is 384 g/mol. The van der Waals surface area contributed by atoms with Crippen molar-refractivity contribution >= 4 is 12.1 Å². The Hall–Kier alpha value is -3.40. The predicted octanol–water partition coefficient (Wildman–Crippen LogP) is 5.91. The number of rotatable bonds is 7. The van der Waals surface area contributed by atoms with Crippen molar-refractivity contribution in [1.29, 1.82) is 0 Å². The standard InChI is InChI=1S/C27H28N2O2/c1-4-15-31-26-16-21(13-14-24(26)20-9-6-5-7-10-20)27(30)29(3)19(2)23-12-8-11-22-17-28-18-25(22)23/h5-14,16-17,19H,4,15,18H2,1-3H3/t19-/m0/s1. The molecule has 4 nitrogen and oxygen atoms in total. The van der Waals surface area contributed by atoms with Crippen LogP contribution in [0.5, 0.6) is 5.75 Å². The molecule has 1 atom stereocenters. The van der Waals surface area contributed by atoms with E-state index in [0.29, 0.717) is 18.7 Å². The fourth-order valence-corrected chi connectivity index (χ4v) is 3.98. The Labute approximate surface area is 184 Å². The minimum atomic E-state index is -0.0574. The van der Waals surface area contributed by atoms with Gasteiger partial charge in [-0.15, -0.1) is 0 Å². The van der Waals surface area contributed by atoms with Crippen molar-refractivity contribution in [3.63, 3.8) is 0 Å². The minimum absolute atomic E-state index is 0.0232. The third kappa shape index (κ3) is 4.24. The van der Waals surface area contributed by atoms with E-state index in [-0.39, 0.29) is 11.9 Å². The molecule has 0 aromatic heterocycles. The number of fused-ring (bicyclic) bond motifs is 1. The summed E-state index contributed by atoms with van der Waals surface area (Å²) in [4.78, 5) is 19.6. The molecule has 4 heteroatoms. The lowest BCUT2D eigenvalue weighted by Gasteiger charge is -2.27. The monoisotopic (exact) mass is 412 g/mol. The van der Waals surface area contributed by atoms with E-state index in [0.717, 1.165) is 34.4 Å². The van der Waals surface area contributed by atoms with Crippen molar-refractivity contribution in [3.05, 3.63) is 89.0 Å². The Balaban J connectivity index is 1.62. The van der Waals surface area contributed by atoms with Gasteiger partial charge >= 0.3 is 0 Å². The third-order valence-corrected chi connectivity index (χ3v) is 5.85. The Morgan fingerprint density at radius 3 is 2.68 bits per heavy atom. The van der Waals surface area contributed by atoms with Crippen LogP contribution >= 0.6 is 0 Å². The molecule has 0 aliphatic carbocycles.